The van der Waals surface area contributed by atoms with E-state index in [2.05, 4.69) is 17.4 Å². The molecule has 2 aromatic rings. The maximum absolute atomic E-state index is 14.0. The van der Waals surface area contributed by atoms with Crippen LogP contribution in [0.1, 0.15) is 50.2 Å². The Kier molecular flexibility index (Phi) is 9.90. The fraction of sp³-hybridized carbons (Fsp3) is 0.500. The average molecular weight is 521 g/mol. The van der Waals surface area contributed by atoms with Gasteiger partial charge < -0.3 is 25.6 Å². The van der Waals surface area contributed by atoms with Gasteiger partial charge in [-0.1, -0.05) is 79.9 Å². The van der Waals surface area contributed by atoms with Gasteiger partial charge >= 0.3 is 0 Å². The topological polar surface area (TPSA) is 105 Å². The molecular formula is C30H40N4O4. The molecule has 2 fully saturated rings. The predicted molar refractivity (Wildman–Crippen MR) is 146 cm³/mol. The van der Waals surface area contributed by atoms with E-state index in [0.717, 1.165) is 43.2 Å². The summed E-state index contributed by atoms with van der Waals surface area (Å²) in [5.74, 6) is -0.736. The zero-order chi connectivity index (χ0) is 26.9. The third-order valence-electron chi connectivity index (χ3n) is 7.59. The maximum atomic E-state index is 14.0. The molecule has 8 heteroatoms. The molecule has 3 N–H and O–H groups in total. The van der Waals surface area contributed by atoms with Crippen LogP contribution < -0.4 is 11.1 Å². The van der Waals surface area contributed by atoms with Crippen molar-refractivity contribution in [3.8, 4) is 0 Å². The second-order valence-electron chi connectivity index (χ2n) is 10.5. The quantitative estimate of drug-likeness (QED) is 0.501. The molecule has 2 aliphatic rings. The summed E-state index contributed by atoms with van der Waals surface area (Å²) in [6, 6.07) is 17.8. The number of benzene rings is 2. The highest BCUT2D eigenvalue weighted by Crippen LogP contribution is 2.29. The van der Waals surface area contributed by atoms with Crippen molar-refractivity contribution in [1.82, 2.24) is 15.1 Å². The lowest BCUT2D eigenvalue weighted by atomic mass is 9.83. The normalized spacial score (nSPS) is 19.5. The largest absolute Gasteiger partial charge is 0.358 e. The monoisotopic (exact) mass is 520 g/mol. The Morgan fingerprint density at radius 1 is 1.00 bits per heavy atom. The average Bonchev–Trinajstić information content (AvgIpc) is 3.45. The highest BCUT2D eigenvalue weighted by molar-refractivity contribution is 5.93. The zero-order valence-electron chi connectivity index (χ0n) is 22.3. The Morgan fingerprint density at radius 3 is 2.26 bits per heavy atom. The molecule has 3 amide bonds. The fourth-order valence-electron chi connectivity index (χ4n) is 5.37. The molecule has 0 unspecified atom stereocenters. The first-order valence-corrected chi connectivity index (χ1v) is 13.7. The molecule has 2 aromatic carbocycles. The molecule has 1 aliphatic carbocycles. The van der Waals surface area contributed by atoms with E-state index in [-0.39, 0.29) is 37.0 Å². The number of carbonyl (C=O) groups is 3. The van der Waals surface area contributed by atoms with Gasteiger partial charge in [-0.15, -0.1) is 0 Å². The van der Waals surface area contributed by atoms with E-state index in [0.29, 0.717) is 19.5 Å². The van der Waals surface area contributed by atoms with Crippen LogP contribution in [0.15, 0.2) is 60.7 Å². The Morgan fingerprint density at radius 2 is 1.63 bits per heavy atom. The van der Waals surface area contributed by atoms with Gasteiger partial charge in [0, 0.05) is 13.1 Å². The summed E-state index contributed by atoms with van der Waals surface area (Å²) in [4.78, 5) is 43.7. The first kappa shape index (κ1) is 27.8. The molecule has 0 aromatic heterocycles. The van der Waals surface area contributed by atoms with Crippen molar-refractivity contribution in [2.75, 3.05) is 19.9 Å². The minimum atomic E-state index is -0.736. The van der Waals surface area contributed by atoms with Crippen LogP contribution in [-0.2, 0) is 32.1 Å². The Balaban J connectivity index is 1.53. The van der Waals surface area contributed by atoms with Gasteiger partial charge in [0.15, 0.2) is 0 Å². The molecule has 38 heavy (non-hydrogen) atoms. The number of hydrogen-bond acceptors (Lipinski definition) is 5. The van der Waals surface area contributed by atoms with Gasteiger partial charge in [0.05, 0.1) is 12.6 Å². The van der Waals surface area contributed by atoms with E-state index in [1.165, 1.54) is 4.90 Å². The van der Waals surface area contributed by atoms with Crippen LogP contribution in [0.2, 0.25) is 0 Å². The molecular weight excluding hydrogens is 480 g/mol. The second-order valence-corrected chi connectivity index (χ2v) is 10.5. The highest BCUT2D eigenvalue weighted by Gasteiger charge is 2.42. The number of amides is 3. The van der Waals surface area contributed by atoms with Crippen molar-refractivity contribution in [3.05, 3.63) is 71.8 Å². The molecule has 4 rings (SSSR count). The van der Waals surface area contributed by atoms with Crippen molar-refractivity contribution in [2.24, 2.45) is 11.7 Å². The molecule has 1 saturated carbocycles. The molecule has 3 atom stereocenters. The summed E-state index contributed by atoms with van der Waals surface area (Å²) >= 11 is 0. The number of nitrogens with one attached hydrogen (secondary N) is 1. The van der Waals surface area contributed by atoms with Crippen LogP contribution >= 0.6 is 0 Å². The lowest BCUT2D eigenvalue weighted by Gasteiger charge is -2.35. The van der Waals surface area contributed by atoms with Crippen LogP contribution in [-0.4, -0.2) is 65.5 Å². The minimum Gasteiger partial charge on any atom is -0.358 e. The number of nitrogens with two attached hydrogens (primary N) is 1. The summed E-state index contributed by atoms with van der Waals surface area (Å²) in [5, 5.41) is 2.90. The van der Waals surface area contributed by atoms with Crippen molar-refractivity contribution < 1.29 is 19.1 Å². The first-order chi connectivity index (χ1) is 18.4. The van der Waals surface area contributed by atoms with Crippen molar-refractivity contribution in [2.45, 2.75) is 70.1 Å². The Bertz CT molecular complexity index is 1060. The van der Waals surface area contributed by atoms with Gasteiger partial charge in [-0.05, 0) is 43.2 Å². The van der Waals surface area contributed by atoms with Crippen molar-refractivity contribution in [3.63, 3.8) is 0 Å². The molecule has 204 valence electrons. The van der Waals surface area contributed by atoms with E-state index in [1.807, 2.05) is 53.4 Å². The number of rotatable bonds is 10. The van der Waals surface area contributed by atoms with E-state index >= 15 is 0 Å². The predicted octanol–water partition coefficient (Wildman–Crippen LogP) is 2.86. The molecule has 1 saturated heterocycles. The second kappa shape index (κ2) is 13.5. The van der Waals surface area contributed by atoms with E-state index in [9.17, 15) is 14.4 Å². The Labute approximate surface area is 225 Å². The van der Waals surface area contributed by atoms with Crippen LogP contribution in [0.4, 0.5) is 0 Å². The zero-order valence-corrected chi connectivity index (χ0v) is 22.3. The summed E-state index contributed by atoms with van der Waals surface area (Å²) in [6.07, 6.45) is 5.59. The minimum absolute atomic E-state index is 0.0220. The highest BCUT2D eigenvalue weighted by atomic mass is 16.5. The Hall–Kier alpha value is -3.23. The molecule has 8 nitrogen and oxygen atoms in total. The van der Waals surface area contributed by atoms with E-state index in [1.54, 1.807) is 6.92 Å². The molecule has 1 aliphatic heterocycles. The number of ether oxygens (including phenoxy) is 1. The van der Waals surface area contributed by atoms with Gasteiger partial charge in [0.2, 0.25) is 17.7 Å². The van der Waals surface area contributed by atoms with Gasteiger partial charge in [-0.3, -0.25) is 14.4 Å². The smallest absolute Gasteiger partial charge is 0.248 e. The standard InChI is InChI=1S/C30H40N4O4/c1-22(31)28(35)32-27(25-15-9-4-10-16-25)30(37)34-21-38-20-26(34)29(36)33(19-24-13-7-3-8-14-24)18-17-23-11-5-2-6-12-23/h2-3,5-8,11-14,22,25-27H,4,9-10,15-21,31H2,1H3,(H,32,35)/t22-,26-,27+/m0/s1. The summed E-state index contributed by atoms with van der Waals surface area (Å²) < 4.78 is 5.69. The number of carbonyl (C=O) groups excluding carboxylic acids is 3. The van der Waals surface area contributed by atoms with Crippen LogP contribution in [0.3, 0.4) is 0 Å². The fourth-order valence-corrected chi connectivity index (χ4v) is 5.37. The summed E-state index contributed by atoms with van der Waals surface area (Å²) in [6.45, 7) is 2.74. The van der Waals surface area contributed by atoms with E-state index in [4.69, 9.17) is 10.5 Å². The third kappa shape index (κ3) is 7.20. The molecule has 0 bridgehead atoms. The van der Waals surface area contributed by atoms with E-state index < -0.39 is 18.1 Å². The van der Waals surface area contributed by atoms with Crippen molar-refractivity contribution in [1.29, 1.82) is 0 Å². The molecule has 1 heterocycles. The van der Waals surface area contributed by atoms with Gasteiger partial charge in [0.1, 0.15) is 18.8 Å². The first-order valence-electron chi connectivity index (χ1n) is 13.7. The van der Waals surface area contributed by atoms with Crippen LogP contribution in [0.5, 0.6) is 0 Å². The number of hydrogen-bond donors (Lipinski definition) is 2. The number of nitrogens with zero attached hydrogens (tertiary/aromatic N) is 2. The summed E-state index contributed by atoms with van der Waals surface area (Å²) in [7, 11) is 0. The molecule has 0 radical (unpaired) electrons. The van der Waals surface area contributed by atoms with Crippen LogP contribution in [0.25, 0.3) is 0 Å². The third-order valence-corrected chi connectivity index (χ3v) is 7.59. The SMILES string of the molecule is C[C@H](N)C(=O)N[C@@H](C(=O)N1COC[C@H]1C(=O)N(CCc1ccccc1)Cc1ccccc1)C1CCCCC1. The van der Waals surface area contributed by atoms with Crippen molar-refractivity contribution >= 4 is 17.7 Å². The van der Waals surface area contributed by atoms with Gasteiger partial charge in [-0.25, -0.2) is 0 Å². The maximum Gasteiger partial charge on any atom is 0.248 e. The van der Waals surface area contributed by atoms with Gasteiger partial charge in [-0.2, -0.15) is 0 Å². The summed E-state index contributed by atoms with van der Waals surface area (Å²) in [5.41, 5.74) is 7.98. The lowest BCUT2D eigenvalue weighted by molar-refractivity contribution is -0.147. The molecule has 0 spiro atoms. The van der Waals surface area contributed by atoms with Crippen LogP contribution in [0, 0.1) is 5.92 Å². The lowest BCUT2D eigenvalue weighted by Crippen LogP contribution is -2.58. The van der Waals surface area contributed by atoms with Gasteiger partial charge in [0.25, 0.3) is 0 Å².